The summed E-state index contributed by atoms with van der Waals surface area (Å²) in [6.45, 7) is 11.3. The van der Waals surface area contributed by atoms with E-state index in [2.05, 4.69) is 47.1 Å². The zero-order valence-electron chi connectivity index (χ0n) is 12.9. The summed E-state index contributed by atoms with van der Waals surface area (Å²) >= 11 is 0. The van der Waals surface area contributed by atoms with Gasteiger partial charge in [-0.25, -0.2) is 9.97 Å². The Morgan fingerprint density at radius 2 is 1.90 bits per heavy atom. The van der Waals surface area contributed by atoms with Gasteiger partial charge in [0.2, 0.25) is 0 Å². The van der Waals surface area contributed by atoms with Gasteiger partial charge < -0.3 is 5.32 Å². The second-order valence-electron chi connectivity index (χ2n) is 5.36. The van der Waals surface area contributed by atoms with Crippen LogP contribution < -0.4 is 5.32 Å². The molecule has 0 amide bonds. The zero-order valence-corrected chi connectivity index (χ0v) is 12.9. The maximum atomic E-state index is 4.66. The summed E-state index contributed by atoms with van der Waals surface area (Å²) in [5, 5.41) is 3.26. The Labute approximate surface area is 120 Å². The lowest BCUT2D eigenvalue weighted by Crippen LogP contribution is -2.06. The Hall–Kier alpha value is -1.97. The molecule has 0 radical (unpaired) electrons. The second-order valence-corrected chi connectivity index (χ2v) is 5.36. The number of hydrogen-bond acceptors (Lipinski definition) is 4. The predicted octanol–water partition coefficient (Wildman–Crippen LogP) is 3.71. The van der Waals surface area contributed by atoms with Gasteiger partial charge >= 0.3 is 0 Å². The van der Waals surface area contributed by atoms with E-state index in [0.717, 1.165) is 34.9 Å². The molecule has 0 aromatic carbocycles. The third kappa shape index (κ3) is 3.13. The van der Waals surface area contributed by atoms with Gasteiger partial charge in [-0.15, -0.1) is 0 Å². The van der Waals surface area contributed by atoms with Gasteiger partial charge in [0.15, 0.2) is 5.82 Å². The van der Waals surface area contributed by atoms with E-state index in [1.54, 1.807) is 0 Å². The second kappa shape index (κ2) is 5.99. The molecule has 4 nitrogen and oxygen atoms in total. The highest BCUT2D eigenvalue weighted by atomic mass is 15.0. The van der Waals surface area contributed by atoms with Crippen molar-refractivity contribution >= 4 is 5.82 Å². The van der Waals surface area contributed by atoms with E-state index in [0.29, 0.717) is 11.7 Å². The lowest BCUT2D eigenvalue weighted by atomic mass is 10.1. The van der Waals surface area contributed by atoms with Crippen molar-refractivity contribution in [3.8, 4) is 11.5 Å². The van der Waals surface area contributed by atoms with Crippen molar-refractivity contribution in [2.45, 2.75) is 40.5 Å². The number of rotatable bonds is 4. The van der Waals surface area contributed by atoms with Gasteiger partial charge in [0.05, 0.1) is 0 Å². The Morgan fingerprint density at radius 3 is 2.50 bits per heavy atom. The summed E-state index contributed by atoms with van der Waals surface area (Å²) in [7, 11) is 0. The Morgan fingerprint density at radius 1 is 1.15 bits per heavy atom. The van der Waals surface area contributed by atoms with Gasteiger partial charge in [-0.05, 0) is 37.8 Å². The van der Waals surface area contributed by atoms with Crippen LogP contribution in [0.3, 0.4) is 0 Å². The molecule has 0 atom stereocenters. The number of pyridine rings is 1. The molecule has 0 saturated carbocycles. The first kappa shape index (κ1) is 14.4. The van der Waals surface area contributed by atoms with Crippen molar-refractivity contribution in [2.24, 2.45) is 0 Å². The van der Waals surface area contributed by atoms with Crippen LogP contribution >= 0.6 is 0 Å². The molecule has 106 valence electrons. The highest BCUT2D eigenvalue weighted by molar-refractivity contribution is 5.57. The smallest absolute Gasteiger partial charge is 0.180 e. The molecule has 2 aromatic rings. The van der Waals surface area contributed by atoms with Crippen molar-refractivity contribution in [1.29, 1.82) is 0 Å². The summed E-state index contributed by atoms with van der Waals surface area (Å²) in [6, 6.07) is 4.13. The first-order valence-corrected chi connectivity index (χ1v) is 7.07. The van der Waals surface area contributed by atoms with Crippen molar-refractivity contribution in [1.82, 2.24) is 15.0 Å². The van der Waals surface area contributed by atoms with Gasteiger partial charge in [-0.3, -0.25) is 4.98 Å². The number of aromatic nitrogens is 3. The maximum Gasteiger partial charge on any atom is 0.180 e. The fourth-order valence-electron chi connectivity index (χ4n) is 2.09. The van der Waals surface area contributed by atoms with Gasteiger partial charge in [0.25, 0.3) is 0 Å². The molecule has 2 heterocycles. The first-order chi connectivity index (χ1) is 9.51. The van der Waals surface area contributed by atoms with Crippen LogP contribution in [0, 0.1) is 13.8 Å². The standard InChI is InChI=1S/C16H22N4/c1-6-17-14-8-13(10(2)3)19-16(20-14)15-12(5)7-11(4)9-18-15/h7-10H,6H2,1-5H3,(H,17,19,20). The van der Waals surface area contributed by atoms with Crippen molar-refractivity contribution in [3.63, 3.8) is 0 Å². The van der Waals surface area contributed by atoms with E-state index < -0.39 is 0 Å². The maximum absolute atomic E-state index is 4.66. The van der Waals surface area contributed by atoms with Gasteiger partial charge in [-0.1, -0.05) is 19.9 Å². The fourth-order valence-corrected chi connectivity index (χ4v) is 2.09. The summed E-state index contributed by atoms with van der Waals surface area (Å²) in [5.74, 6) is 1.92. The molecule has 0 aliphatic rings. The predicted molar refractivity (Wildman–Crippen MR) is 83.0 cm³/mol. The third-order valence-electron chi connectivity index (χ3n) is 3.12. The minimum absolute atomic E-state index is 0.361. The quantitative estimate of drug-likeness (QED) is 0.920. The van der Waals surface area contributed by atoms with Gasteiger partial charge in [-0.2, -0.15) is 0 Å². The minimum Gasteiger partial charge on any atom is -0.370 e. The highest BCUT2D eigenvalue weighted by Gasteiger charge is 2.12. The molecule has 0 bridgehead atoms. The van der Waals surface area contributed by atoms with Crippen LogP contribution in [0.25, 0.3) is 11.5 Å². The molecule has 0 saturated heterocycles. The van der Waals surface area contributed by atoms with Crippen LogP contribution in [0.1, 0.15) is 43.5 Å². The van der Waals surface area contributed by atoms with Crippen LogP contribution in [0.5, 0.6) is 0 Å². The average molecular weight is 270 g/mol. The monoisotopic (exact) mass is 270 g/mol. The van der Waals surface area contributed by atoms with Crippen LogP contribution in [0.4, 0.5) is 5.82 Å². The van der Waals surface area contributed by atoms with Gasteiger partial charge in [0, 0.05) is 24.5 Å². The number of anilines is 1. The Kier molecular flexibility index (Phi) is 4.32. The van der Waals surface area contributed by atoms with Crippen LogP contribution in [0.15, 0.2) is 18.3 Å². The number of nitrogens with zero attached hydrogens (tertiary/aromatic N) is 3. The molecule has 0 aliphatic heterocycles. The molecule has 20 heavy (non-hydrogen) atoms. The lowest BCUT2D eigenvalue weighted by molar-refractivity contribution is 0.815. The lowest BCUT2D eigenvalue weighted by Gasteiger charge is -2.12. The van der Waals surface area contributed by atoms with Crippen molar-refractivity contribution in [2.75, 3.05) is 11.9 Å². The highest BCUT2D eigenvalue weighted by Crippen LogP contribution is 2.23. The number of hydrogen-bond donors (Lipinski definition) is 1. The Balaban J connectivity index is 2.54. The molecular weight excluding hydrogens is 248 g/mol. The van der Waals surface area contributed by atoms with E-state index in [1.807, 2.05) is 26.1 Å². The zero-order chi connectivity index (χ0) is 14.7. The largest absolute Gasteiger partial charge is 0.370 e. The average Bonchev–Trinajstić information content (AvgIpc) is 2.38. The van der Waals surface area contributed by atoms with Crippen molar-refractivity contribution < 1.29 is 0 Å². The van der Waals surface area contributed by atoms with E-state index >= 15 is 0 Å². The van der Waals surface area contributed by atoms with Crippen LogP contribution in [0.2, 0.25) is 0 Å². The normalized spacial score (nSPS) is 10.9. The molecule has 0 fully saturated rings. The molecule has 4 heteroatoms. The van der Waals surface area contributed by atoms with Crippen LogP contribution in [-0.4, -0.2) is 21.5 Å². The minimum atomic E-state index is 0.361. The summed E-state index contributed by atoms with van der Waals surface area (Å²) < 4.78 is 0. The molecule has 2 rings (SSSR count). The van der Waals surface area contributed by atoms with Gasteiger partial charge in [0.1, 0.15) is 11.5 Å². The molecule has 2 aromatic heterocycles. The van der Waals surface area contributed by atoms with E-state index in [1.165, 1.54) is 0 Å². The SMILES string of the molecule is CCNc1cc(C(C)C)nc(-c2ncc(C)cc2C)n1. The molecule has 0 unspecified atom stereocenters. The van der Waals surface area contributed by atoms with Crippen LogP contribution in [-0.2, 0) is 0 Å². The summed E-state index contributed by atoms with van der Waals surface area (Å²) in [4.78, 5) is 13.7. The van der Waals surface area contributed by atoms with Crippen molar-refractivity contribution in [3.05, 3.63) is 35.2 Å². The molecule has 1 N–H and O–H groups in total. The third-order valence-corrected chi connectivity index (χ3v) is 3.12. The van der Waals surface area contributed by atoms with E-state index in [9.17, 15) is 0 Å². The van der Waals surface area contributed by atoms with E-state index in [4.69, 9.17) is 0 Å². The molecular formula is C16H22N4. The Bertz CT molecular complexity index is 605. The summed E-state index contributed by atoms with van der Waals surface area (Å²) in [6.07, 6.45) is 1.86. The molecule has 0 aliphatic carbocycles. The number of aryl methyl sites for hydroxylation is 2. The first-order valence-electron chi connectivity index (χ1n) is 7.07. The summed E-state index contributed by atoms with van der Waals surface area (Å²) in [5.41, 5.74) is 4.15. The van der Waals surface area contributed by atoms with E-state index in [-0.39, 0.29) is 0 Å². The topological polar surface area (TPSA) is 50.7 Å². The molecule has 0 spiro atoms. The number of nitrogens with one attached hydrogen (secondary N) is 1. The fraction of sp³-hybridized carbons (Fsp3) is 0.438.